The van der Waals surface area contributed by atoms with Crippen molar-refractivity contribution < 1.29 is 24.0 Å². The van der Waals surface area contributed by atoms with Gasteiger partial charge in [-0.1, -0.05) is 25.1 Å². The van der Waals surface area contributed by atoms with E-state index in [9.17, 15) is 19.7 Å². The van der Waals surface area contributed by atoms with Crippen LogP contribution in [-0.4, -0.2) is 22.8 Å². The number of para-hydroxylation sites is 1. The fraction of sp³-hybridized carbons (Fsp3) is 0.105. The van der Waals surface area contributed by atoms with Crippen LogP contribution in [0.3, 0.4) is 0 Å². The van der Waals surface area contributed by atoms with E-state index in [1.165, 1.54) is 30.3 Å². The quantitative estimate of drug-likeness (QED) is 0.264. The third-order valence-electron chi connectivity index (χ3n) is 3.67. The van der Waals surface area contributed by atoms with Crippen LogP contribution < -0.4 is 4.74 Å². The number of ether oxygens (including phenoxy) is 2. The van der Waals surface area contributed by atoms with Gasteiger partial charge in [0.1, 0.15) is 5.75 Å². The molecule has 0 aliphatic carbocycles. The Morgan fingerprint density at radius 1 is 1.22 bits per heavy atom. The first-order valence-corrected chi connectivity index (χ1v) is 8.05. The lowest BCUT2D eigenvalue weighted by Crippen LogP contribution is -2.07. The molecule has 8 nitrogen and oxygen atoms in total. The average Bonchev–Trinajstić information content (AvgIpc) is 3.03. The highest BCUT2D eigenvalue weighted by Gasteiger charge is 2.25. The summed E-state index contributed by atoms with van der Waals surface area (Å²) in [6, 6.07) is 12.2. The van der Waals surface area contributed by atoms with E-state index in [1.807, 2.05) is 0 Å². The van der Waals surface area contributed by atoms with Crippen LogP contribution in [0.25, 0.3) is 6.08 Å². The molecule has 8 heteroatoms. The number of esters is 2. The maximum Gasteiger partial charge on any atom is 0.363 e. The molecule has 0 saturated carbocycles. The zero-order valence-corrected chi connectivity index (χ0v) is 14.2. The van der Waals surface area contributed by atoms with Crippen LogP contribution in [0.15, 0.2) is 59.2 Å². The first-order chi connectivity index (χ1) is 13.0. The number of aliphatic imine (C=N–C) groups is 1. The molecular weight excluding hydrogens is 352 g/mol. The fourth-order valence-corrected chi connectivity index (χ4v) is 2.29. The molecule has 0 bridgehead atoms. The number of nitro benzene ring substituents is 1. The van der Waals surface area contributed by atoms with Gasteiger partial charge in [-0.05, 0) is 24.3 Å². The number of carbonyl (C=O) groups excluding carboxylic acids is 2. The lowest BCUT2D eigenvalue weighted by atomic mass is 10.1. The number of benzene rings is 2. The standard InChI is InChI=1S/C19H14N2O6/c1-2-17(22)26-16-6-4-3-5-13(16)11-15-19(23)27-18(20-15)12-7-9-14(10-8-12)21(24)25/h3-11H,2H2,1H3/b15-11-. The van der Waals surface area contributed by atoms with Crippen molar-refractivity contribution in [2.24, 2.45) is 4.99 Å². The smallest absolute Gasteiger partial charge is 0.363 e. The van der Waals surface area contributed by atoms with Gasteiger partial charge >= 0.3 is 11.9 Å². The number of nitro groups is 1. The second kappa shape index (κ2) is 7.61. The van der Waals surface area contributed by atoms with Gasteiger partial charge in [0.15, 0.2) is 5.70 Å². The summed E-state index contributed by atoms with van der Waals surface area (Å²) in [5, 5.41) is 10.7. The largest absolute Gasteiger partial charge is 0.426 e. The maximum absolute atomic E-state index is 12.1. The summed E-state index contributed by atoms with van der Waals surface area (Å²) in [6.07, 6.45) is 1.67. The van der Waals surface area contributed by atoms with Crippen molar-refractivity contribution >= 4 is 29.6 Å². The molecular formula is C19H14N2O6. The van der Waals surface area contributed by atoms with Crippen molar-refractivity contribution in [3.8, 4) is 5.75 Å². The number of carbonyl (C=O) groups is 2. The minimum Gasteiger partial charge on any atom is -0.426 e. The summed E-state index contributed by atoms with van der Waals surface area (Å²) in [6.45, 7) is 1.68. The van der Waals surface area contributed by atoms with Gasteiger partial charge in [-0.15, -0.1) is 0 Å². The number of hydrogen-bond donors (Lipinski definition) is 0. The molecule has 0 atom stereocenters. The highest BCUT2D eigenvalue weighted by atomic mass is 16.6. The highest BCUT2D eigenvalue weighted by molar-refractivity contribution is 6.13. The fourth-order valence-electron chi connectivity index (χ4n) is 2.29. The van der Waals surface area contributed by atoms with Gasteiger partial charge in [0.05, 0.1) is 4.92 Å². The van der Waals surface area contributed by atoms with Gasteiger partial charge < -0.3 is 9.47 Å². The molecule has 0 amide bonds. The molecule has 1 aliphatic rings. The number of hydrogen-bond acceptors (Lipinski definition) is 7. The van der Waals surface area contributed by atoms with E-state index >= 15 is 0 Å². The first-order valence-electron chi connectivity index (χ1n) is 8.05. The van der Waals surface area contributed by atoms with Crippen LogP contribution >= 0.6 is 0 Å². The second-order valence-corrected chi connectivity index (χ2v) is 5.51. The summed E-state index contributed by atoms with van der Waals surface area (Å²) in [5.74, 6) is -0.710. The normalized spacial score (nSPS) is 14.6. The zero-order valence-electron chi connectivity index (χ0n) is 14.2. The van der Waals surface area contributed by atoms with E-state index in [2.05, 4.69) is 4.99 Å². The van der Waals surface area contributed by atoms with Crippen LogP contribution in [-0.2, 0) is 14.3 Å². The van der Waals surface area contributed by atoms with Crippen molar-refractivity contribution in [2.75, 3.05) is 0 Å². The molecule has 0 spiro atoms. The van der Waals surface area contributed by atoms with Gasteiger partial charge in [-0.2, -0.15) is 0 Å². The Bertz CT molecular complexity index is 976. The molecule has 0 N–H and O–H groups in total. The van der Waals surface area contributed by atoms with Gasteiger partial charge in [-0.25, -0.2) is 9.79 Å². The van der Waals surface area contributed by atoms with Crippen molar-refractivity contribution in [2.45, 2.75) is 13.3 Å². The van der Waals surface area contributed by atoms with Gasteiger partial charge in [0, 0.05) is 29.7 Å². The molecule has 0 unspecified atom stereocenters. The van der Waals surface area contributed by atoms with Crippen molar-refractivity contribution in [3.05, 3.63) is 75.5 Å². The molecule has 136 valence electrons. The lowest BCUT2D eigenvalue weighted by Gasteiger charge is -2.06. The average molecular weight is 366 g/mol. The van der Waals surface area contributed by atoms with E-state index < -0.39 is 16.9 Å². The van der Waals surface area contributed by atoms with E-state index in [1.54, 1.807) is 31.2 Å². The van der Waals surface area contributed by atoms with Crippen LogP contribution in [0, 0.1) is 10.1 Å². The summed E-state index contributed by atoms with van der Waals surface area (Å²) in [5.41, 5.74) is 0.887. The molecule has 1 heterocycles. The Balaban J connectivity index is 1.90. The first kappa shape index (κ1) is 18.0. The molecule has 2 aromatic carbocycles. The zero-order chi connectivity index (χ0) is 19.4. The van der Waals surface area contributed by atoms with Crippen molar-refractivity contribution in [1.29, 1.82) is 0 Å². The highest BCUT2D eigenvalue weighted by Crippen LogP contribution is 2.25. The molecule has 0 radical (unpaired) electrons. The molecule has 3 rings (SSSR count). The molecule has 0 aromatic heterocycles. The minimum absolute atomic E-state index is 0.0309. The Hall–Kier alpha value is -3.81. The van der Waals surface area contributed by atoms with Crippen molar-refractivity contribution in [3.63, 3.8) is 0 Å². The third kappa shape index (κ3) is 4.06. The predicted octanol–water partition coefficient (Wildman–Crippen LogP) is 3.25. The summed E-state index contributed by atoms with van der Waals surface area (Å²) in [4.78, 5) is 38.0. The number of nitrogens with zero attached hydrogens (tertiary/aromatic N) is 2. The van der Waals surface area contributed by atoms with Crippen LogP contribution in [0.5, 0.6) is 5.75 Å². The van der Waals surface area contributed by atoms with Gasteiger partial charge in [-0.3, -0.25) is 14.9 Å². The number of rotatable bonds is 5. The van der Waals surface area contributed by atoms with Crippen LogP contribution in [0.2, 0.25) is 0 Å². The molecule has 27 heavy (non-hydrogen) atoms. The van der Waals surface area contributed by atoms with E-state index in [0.717, 1.165) is 0 Å². The molecule has 0 fully saturated rings. The van der Waals surface area contributed by atoms with Crippen LogP contribution in [0.1, 0.15) is 24.5 Å². The Kier molecular flexibility index (Phi) is 5.07. The van der Waals surface area contributed by atoms with Gasteiger partial charge in [0.25, 0.3) is 5.69 Å². The minimum atomic E-state index is -0.667. The lowest BCUT2D eigenvalue weighted by molar-refractivity contribution is -0.384. The summed E-state index contributed by atoms with van der Waals surface area (Å²) >= 11 is 0. The van der Waals surface area contributed by atoms with Crippen molar-refractivity contribution in [1.82, 2.24) is 0 Å². The number of cyclic esters (lactones) is 1. The third-order valence-corrected chi connectivity index (χ3v) is 3.67. The molecule has 0 saturated heterocycles. The van der Waals surface area contributed by atoms with Crippen LogP contribution in [0.4, 0.5) is 5.69 Å². The van der Waals surface area contributed by atoms with Gasteiger partial charge in [0.2, 0.25) is 5.90 Å². The maximum atomic E-state index is 12.1. The van der Waals surface area contributed by atoms with E-state index in [4.69, 9.17) is 9.47 Å². The second-order valence-electron chi connectivity index (χ2n) is 5.51. The Morgan fingerprint density at radius 2 is 1.93 bits per heavy atom. The summed E-state index contributed by atoms with van der Waals surface area (Å²) in [7, 11) is 0. The van der Waals surface area contributed by atoms with E-state index in [0.29, 0.717) is 16.9 Å². The SMILES string of the molecule is CCC(=O)Oc1ccccc1/C=C1\N=C(c2ccc([N+](=O)[O-])cc2)OC1=O. The topological polar surface area (TPSA) is 108 Å². The summed E-state index contributed by atoms with van der Waals surface area (Å²) < 4.78 is 10.4. The monoisotopic (exact) mass is 366 g/mol. The number of non-ortho nitro benzene ring substituents is 1. The predicted molar refractivity (Wildman–Crippen MR) is 96.1 cm³/mol. The Morgan fingerprint density at radius 3 is 2.59 bits per heavy atom. The van der Waals surface area contributed by atoms with E-state index in [-0.39, 0.29) is 23.7 Å². The molecule has 1 aliphatic heterocycles. The molecule has 2 aromatic rings. The Labute approximate surface area is 153 Å².